The fraction of sp³-hybridized carbons (Fsp3) is 0.867. The number of guanidine groups is 1. The van der Waals surface area contributed by atoms with E-state index in [2.05, 4.69) is 10.3 Å². The predicted octanol–water partition coefficient (Wildman–Crippen LogP) is 1.62. The molecule has 0 spiro atoms. The van der Waals surface area contributed by atoms with Crippen molar-refractivity contribution in [1.29, 1.82) is 0 Å². The van der Waals surface area contributed by atoms with Gasteiger partial charge in [-0.15, -0.1) is 0 Å². The van der Waals surface area contributed by atoms with Gasteiger partial charge in [-0.1, -0.05) is 32.1 Å². The number of aliphatic imine (C=N–C) groups is 1. The number of carbonyl (C=O) groups is 1. The second kappa shape index (κ2) is 7.50. The minimum Gasteiger partial charge on any atom is -0.370 e. The van der Waals surface area contributed by atoms with Crippen LogP contribution in [-0.2, 0) is 4.79 Å². The van der Waals surface area contributed by atoms with E-state index in [0.717, 1.165) is 25.7 Å². The zero-order valence-corrected chi connectivity index (χ0v) is 12.6. The summed E-state index contributed by atoms with van der Waals surface area (Å²) in [6.45, 7) is 0.165. The number of nitrogens with one attached hydrogen (secondary N) is 1. The summed E-state index contributed by atoms with van der Waals surface area (Å²) in [5.74, 6) is 0.496. The van der Waals surface area contributed by atoms with Gasteiger partial charge in [0, 0.05) is 19.1 Å². The van der Waals surface area contributed by atoms with Crippen LogP contribution >= 0.6 is 0 Å². The van der Waals surface area contributed by atoms with Crippen LogP contribution in [0, 0.1) is 0 Å². The van der Waals surface area contributed by atoms with Gasteiger partial charge in [-0.2, -0.15) is 0 Å². The van der Waals surface area contributed by atoms with Crippen molar-refractivity contribution in [2.24, 2.45) is 10.7 Å². The summed E-state index contributed by atoms with van der Waals surface area (Å²) < 4.78 is 0. The Kier molecular flexibility index (Phi) is 5.68. The van der Waals surface area contributed by atoms with E-state index in [1.54, 1.807) is 0 Å². The highest BCUT2D eigenvalue weighted by molar-refractivity contribution is 5.84. The Hall–Kier alpha value is -1.26. The average Bonchev–Trinajstić information content (AvgIpc) is 2.97. The van der Waals surface area contributed by atoms with Crippen molar-refractivity contribution >= 4 is 11.9 Å². The average molecular weight is 280 g/mol. The standard InChI is InChI=1S/C15H28N4O/c1-19(13-9-3-2-4-10-13)14(20)11-17-15(16)18-12-7-5-6-8-12/h12-13H,2-11H2,1H3,(H3,16,17,18). The summed E-state index contributed by atoms with van der Waals surface area (Å²) in [7, 11) is 1.90. The molecule has 2 fully saturated rings. The van der Waals surface area contributed by atoms with Crippen molar-refractivity contribution in [3.63, 3.8) is 0 Å². The smallest absolute Gasteiger partial charge is 0.244 e. The van der Waals surface area contributed by atoms with Crippen molar-refractivity contribution in [2.75, 3.05) is 13.6 Å². The van der Waals surface area contributed by atoms with Gasteiger partial charge in [-0.25, -0.2) is 4.99 Å². The van der Waals surface area contributed by atoms with Gasteiger partial charge in [0.25, 0.3) is 0 Å². The predicted molar refractivity (Wildman–Crippen MR) is 81.5 cm³/mol. The molecule has 0 aliphatic heterocycles. The highest BCUT2D eigenvalue weighted by atomic mass is 16.2. The molecule has 2 aliphatic rings. The summed E-state index contributed by atoms with van der Waals surface area (Å²) in [5.41, 5.74) is 5.85. The number of nitrogens with zero attached hydrogens (tertiary/aromatic N) is 2. The van der Waals surface area contributed by atoms with Crippen molar-refractivity contribution in [2.45, 2.75) is 69.9 Å². The van der Waals surface area contributed by atoms with Gasteiger partial charge in [0.05, 0.1) is 0 Å². The molecule has 0 aromatic rings. The summed E-state index contributed by atoms with van der Waals surface area (Å²) in [4.78, 5) is 18.2. The molecule has 0 heterocycles. The summed E-state index contributed by atoms with van der Waals surface area (Å²) in [6, 6.07) is 0.848. The molecular weight excluding hydrogens is 252 g/mol. The maximum atomic E-state index is 12.1. The SMILES string of the molecule is CN(C(=O)CN=C(N)NC1CCCC1)C1CCCCC1. The molecule has 2 rings (SSSR count). The molecule has 20 heavy (non-hydrogen) atoms. The molecule has 114 valence electrons. The third-order valence-electron chi connectivity index (χ3n) is 4.61. The molecule has 5 nitrogen and oxygen atoms in total. The summed E-state index contributed by atoms with van der Waals surface area (Å²) in [6.07, 6.45) is 10.9. The Balaban J connectivity index is 1.74. The molecule has 0 aromatic carbocycles. The maximum Gasteiger partial charge on any atom is 0.244 e. The van der Waals surface area contributed by atoms with Crippen LogP contribution in [0.3, 0.4) is 0 Å². The van der Waals surface area contributed by atoms with E-state index in [-0.39, 0.29) is 12.5 Å². The monoisotopic (exact) mass is 280 g/mol. The maximum absolute atomic E-state index is 12.1. The Morgan fingerprint density at radius 1 is 1.15 bits per heavy atom. The van der Waals surface area contributed by atoms with E-state index < -0.39 is 0 Å². The van der Waals surface area contributed by atoms with Gasteiger partial charge in [-0.3, -0.25) is 4.79 Å². The van der Waals surface area contributed by atoms with E-state index in [1.165, 1.54) is 32.1 Å². The van der Waals surface area contributed by atoms with Gasteiger partial charge in [0.15, 0.2) is 5.96 Å². The first-order valence-corrected chi connectivity index (χ1v) is 7.99. The summed E-state index contributed by atoms with van der Waals surface area (Å²) in [5, 5.41) is 3.21. The highest BCUT2D eigenvalue weighted by Crippen LogP contribution is 2.21. The second-order valence-electron chi connectivity index (χ2n) is 6.12. The summed E-state index contributed by atoms with van der Waals surface area (Å²) >= 11 is 0. The molecule has 2 aliphatic carbocycles. The van der Waals surface area contributed by atoms with Crippen molar-refractivity contribution in [3.8, 4) is 0 Å². The van der Waals surface area contributed by atoms with Gasteiger partial charge in [0.2, 0.25) is 5.91 Å². The molecule has 0 unspecified atom stereocenters. The molecule has 0 aromatic heterocycles. The zero-order valence-electron chi connectivity index (χ0n) is 12.6. The van der Waals surface area contributed by atoms with E-state index in [9.17, 15) is 4.79 Å². The number of carbonyl (C=O) groups excluding carboxylic acids is 1. The Labute approximate surface area is 122 Å². The van der Waals surface area contributed by atoms with Gasteiger partial charge < -0.3 is 16.0 Å². The van der Waals surface area contributed by atoms with Crippen LogP contribution in [0.25, 0.3) is 0 Å². The lowest BCUT2D eigenvalue weighted by atomic mass is 9.94. The van der Waals surface area contributed by atoms with Gasteiger partial charge in [0.1, 0.15) is 6.54 Å². The van der Waals surface area contributed by atoms with Crippen molar-refractivity contribution < 1.29 is 4.79 Å². The van der Waals surface area contributed by atoms with Crippen LogP contribution in [0.5, 0.6) is 0 Å². The number of rotatable bonds is 4. The lowest BCUT2D eigenvalue weighted by Crippen LogP contribution is -2.42. The van der Waals surface area contributed by atoms with Crippen LogP contribution in [-0.4, -0.2) is 42.4 Å². The minimum absolute atomic E-state index is 0.0769. The zero-order chi connectivity index (χ0) is 14.4. The normalized spacial score (nSPS) is 21.9. The first kappa shape index (κ1) is 15.1. The molecule has 0 atom stereocenters. The number of hydrogen-bond donors (Lipinski definition) is 2. The van der Waals surface area contributed by atoms with Crippen molar-refractivity contribution in [1.82, 2.24) is 10.2 Å². The molecule has 3 N–H and O–H groups in total. The lowest BCUT2D eigenvalue weighted by Gasteiger charge is -2.30. The molecular formula is C15H28N4O. The number of amides is 1. The quantitative estimate of drug-likeness (QED) is 0.607. The van der Waals surface area contributed by atoms with E-state index in [4.69, 9.17) is 5.73 Å². The van der Waals surface area contributed by atoms with E-state index >= 15 is 0 Å². The molecule has 0 bridgehead atoms. The van der Waals surface area contributed by atoms with Gasteiger partial charge >= 0.3 is 0 Å². The molecule has 1 amide bonds. The third kappa shape index (κ3) is 4.39. The largest absolute Gasteiger partial charge is 0.370 e. The fourth-order valence-corrected chi connectivity index (χ4v) is 3.26. The van der Waals surface area contributed by atoms with Crippen LogP contribution in [0.15, 0.2) is 4.99 Å². The topological polar surface area (TPSA) is 70.7 Å². The van der Waals surface area contributed by atoms with Crippen LogP contribution in [0.2, 0.25) is 0 Å². The molecule has 0 saturated heterocycles. The third-order valence-corrected chi connectivity index (χ3v) is 4.61. The van der Waals surface area contributed by atoms with Crippen LogP contribution in [0.4, 0.5) is 0 Å². The van der Waals surface area contributed by atoms with Crippen molar-refractivity contribution in [3.05, 3.63) is 0 Å². The molecule has 2 saturated carbocycles. The minimum atomic E-state index is 0.0769. The van der Waals surface area contributed by atoms with Crippen LogP contribution < -0.4 is 11.1 Å². The van der Waals surface area contributed by atoms with E-state index in [1.807, 2.05) is 11.9 Å². The number of likely N-dealkylation sites (N-methyl/N-ethyl adjacent to an activating group) is 1. The first-order valence-electron chi connectivity index (χ1n) is 7.99. The Morgan fingerprint density at radius 2 is 1.75 bits per heavy atom. The Bertz CT molecular complexity index is 344. The second-order valence-corrected chi connectivity index (χ2v) is 6.12. The fourth-order valence-electron chi connectivity index (χ4n) is 3.26. The van der Waals surface area contributed by atoms with Crippen LogP contribution in [0.1, 0.15) is 57.8 Å². The lowest BCUT2D eigenvalue weighted by molar-refractivity contribution is -0.130. The molecule has 5 heteroatoms. The number of nitrogens with two attached hydrogens (primary N) is 1. The van der Waals surface area contributed by atoms with E-state index in [0.29, 0.717) is 18.0 Å². The molecule has 0 radical (unpaired) electrons. The van der Waals surface area contributed by atoms with Gasteiger partial charge in [-0.05, 0) is 25.7 Å². The number of hydrogen-bond acceptors (Lipinski definition) is 2. The Morgan fingerprint density at radius 3 is 2.40 bits per heavy atom. The first-order chi connectivity index (χ1) is 9.66. The highest BCUT2D eigenvalue weighted by Gasteiger charge is 2.21.